The van der Waals surface area contributed by atoms with E-state index in [1.807, 2.05) is 66.7 Å². The maximum atomic E-state index is 13.2. The number of likely N-dealkylation sites (tertiary alicyclic amines) is 1. The van der Waals surface area contributed by atoms with Crippen molar-refractivity contribution in [1.29, 1.82) is 0 Å². The summed E-state index contributed by atoms with van der Waals surface area (Å²) < 4.78 is 6.02. The van der Waals surface area contributed by atoms with Gasteiger partial charge in [0.05, 0.1) is 5.54 Å². The Morgan fingerprint density at radius 3 is 2.15 bits per heavy atom. The molecule has 1 aliphatic rings. The zero-order valence-corrected chi connectivity index (χ0v) is 19.9. The summed E-state index contributed by atoms with van der Waals surface area (Å²) in [4.78, 5) is 15.7. The monoisotopic (exact) mass is 458 g/mol. The van der Waals surface area contributed by atoms with Crippen LogP contribution >= 0.6 is 0 Å². The molecule has 0 spiro atoms. The zero-order valence-electron chi connectivity index (χ0n) is 19.9. The smallest absolute Gasteiger partial charge is 0.252 e. The van der Waals surface area contributed by atoms with Gasteiger partial charge in [0.1, 0.15) is 18.1 Å². The maximum Gasteiger partial charge on any atom is 0.252 e. The molecule has 3 aromatic carbocycles. The molecule has 1 fully saturated rings. The van der Waals surface area contributed by atoms with E-state index in [9.17, 15) is 9.90 Å². The highest BCUT2D eigenvalue weighted by Crippen LogP contribution is 2.35. The number of piperidine rings is 1. The van der Waals surface area contributed by atoms with E-state index < -0.39 is 5.54 Å². The number of carbonyl (C=O) groups is 1. The number of rotatable bonds is 9. The highest BCUT2D eigenvalue weighted by atomic mass is 16.5. The van der Waals surface area contributed by atoms with E-state index in [-0.39, 0.29) is 11.7 Å². The lowest BCUT2D eigenvalue weighted by Gasteiger charge is -2.35. The summed E-state index contributed by atoms with van der Waals surface area (Å²) >= 11 is 0. The lowest BCUT2D eigenvalue weighted by Crippen LogP contribution is -2.46. The van der Waals surface area contributed by atoms with Crippen molar-refractivity contribution in [3.05, 3.63) is 95.6 Å². The Morgan fingerprint density at radius 1 is 0.912 bits per heavy atom. The van der Waals surface area contributed by atoms with Gasteiger partial charge < -0.3 is 15.2 Å². The van der Waals surface area contributed by atoms with E-state index in [0.717, 1.165) is 36.5 Å². The Bertz CT molecular complexity index is 1040. The molecule has 1 atom stereocenters. The predicted octanol–water partition coefficient (Wildman–Crippen LogP) is 5.34. The summed E-state index contributed by atoms with van der Waals surface area (Å²) in [7, 11) is 0. The van der Waals surface area contributed by atoms with E-state index in [4.69, 9.17) is 4.74 Å². The van der Waals surface area contributed by atoms with Gasteiger partial charge >= 0.3 is 0 Å². The molecule has 1 heterocycles. The van der Waals surface area contributed by atoms with Crippen molar-refractivity contribution in [3.8, 4) is 11.5 Å². The van der Waals surface area contributed by atoms with Gasteiger partial charge in [-0.3, -0.25) is 9.69 Å². The first-order chi connectivity index (χ1) is 16.6. The van der Waals surface area contributed by atoms with Gasteiger partial charge in [-0.05, 0) is 79.9 Å². The average molecular weight is 459 g/mol. The van der Waals surface area contributed by atoms with E-state index in [1.54, 1.807) is 12.1 Å². The highest BCUT2D eigenvalue weighted by Gasteiger charge is 2.34. The molecule has 4 rings (SSSR count). The van der Waals surface area contributed by atoms with Crippen molar-refractivity contribution in [1.82, 2.24) is 10.2 Å². The van der Waals surface area contributed by atoms with Crippen LogP contribution in [0, 0.1) is 0 Å². The molecular weight excluding hydrogens is 424 g/mol. The van der Waals surface area contributed by atoms with E-state index >= 15 is 0 Å². The zero-order chi connectivity index (χ0) is 23.8. The van der Waals surface area contributed by atoms with E-state index in [1.165, 1.54) is 19.3 Å². The molecule has 34 heavy (non-hydrogen) atoms. The fourth-order valence-electron chi connectivity index (χ4n) is 4.72. The fraction of sp³-hybridized carbons (Fsp3) is 0.345. The second-order valence-electron chi connectivity index (χ2n) is 8.90. The van der Waals surface area contributed by atoms with Crippen molar-refractivity contribution >= 4 is 5.91 Å². The SMILES string of the molecule is CCC(NC(=O)c1ccccc1)(c1ccc(O)cc1)c1ccc(OCCN2CCCCC2)cc1. The number of carbonyl (C=O) groups excluding carboxylic acids is 1. The molecule has 0 radical (unpaired) electrons. The molecule has 178 valence electrons. The largest absolute Gasteiger partial charge is 0.508 e. The molecule has 0 aromatic heterocycles. The van der Waals surface area contributed by atoms with Gasteiger partial charge in [-0.1, -0.05) is 55.8 Å². The Balaban J connectivity index is 1.55. The minimum Gasteiger partial charge on any atom is -0.508 e. The highest BCUT2D eigenvalue weighted by molar-refractivity contribution is 5.95. The average Bonchev–Trinajstić information content (AvgIpc) is 2.89. The van der Waals surface area contributed by atoms with Gasteiger partial charge in [0.2, 0.25) is 0 Å². The fourth-order valence-corrected chi connectivity index (χ4v) is 4.72. The topological polar surface area (TPSA) is 61.8 Å². The second-order valence-corrected chi connectivity index (χ2v) is 8.90. The number of phenols is 1. The van der Waals surface area contributed by atoms with Crippen LogP contribution in [-0.4, -0.2) is 42.2 Å². The van der Waals surface area contributed by atoms with Crippen LogP contribution in [0.15, 0.2) is 78.9 Å². The molecule has 5 nitrogen and oxygen atoms in total. The van der Waals surface area contributed by atoms with Gasteiger partial charge in [0.25, 0.3) is 5.91 Å². The van der Waals surface area contributed by atoms with Crippen molar-refractivity contribution in [2.24, 2.45) is 0 Å². The van der Waals surface area contributed by atoms with Crippen LogP contribution in [0.1, 0.15) is 54.1 Å². The summed E-state index contributed by atoms with van der Waals surface area (Å²) in [5, 5.41) is 13.1. The van der Waals surface area contributed by atoms with Gasteiger partial charge in [-0.15, -0.1) is 0 Å². The molecular formula is C29H34N2O3. The van der Waals surface area contributed by atoms with Crippen molar-refractivity contribution in [3.63, 3.8) is 0 Å². The van der Waals surface area contributed by atoms with Crippen LogP contribution in [0.4, 0.5) is 0 Å². The number of aromatic hydroxyl groups is 1. The van der Waals surface area contributed by atoms with Crippen molar-refractivity contribution < 1.29 is 14.6 Å². The first-order valence-corrected chi connectivity index (χ1v) is 12.2. The van der Waals surface area contributed by atoms with Gasteiger partial charge in [-0.2, -0.15) is 0 Å². The van der Waals surface area contributed by atoms with Crippen LogP contribution in [-0.2, 0) is 5.54 Å². The number of ether oxygens (including phenoxy) is 1. The normalized spacial score (nSPS) is 15.9. The molecule has 3 aromatic rings. The minimum absolute atomic E-state index is 0.141. The van der Waals surface area contributed by atoms with Crippen molar-refractivity contribution in [2.45, 2.75) is 38.1 Å². The number of amides is 1. The number of benzene rings is 3. The number of hydrogen-bond acceptors (Lipinski definition) is 4. The van der Waals surface area contributed by atoms with E-state index in [0.29, 0.717) is 18.6 Å². The Kier molecular flexibility index (Phi) is 7.86. The molecule has 1 unspecified atom stereocenters. The quantitative estimate of drug-likeness (QED) is 0.454. The van der Waals surface area contributed by atoms with Crippen LogP contribution in [0.25, 0.3) is 0 Å². The Morgan fingerprint density at radius 2 is 1.53 bits per heavy atom. The maximum absolute atomic E-state index is 13.2. The summed E-state index contributed by atoms with van der Waals surface area (Å²) in [6.45, 7) is 5.99. The number of phenolic OH excluding ortho intramolecular Hbond substituents is 1. The Hall–Kier alpha value is -3.31. The lowest BCUT2D eigenvalue weighted by molar-refractivity contribution is 0.0910. The molecule has 1 aliphatic heterocycles. The van der Waals surface area contributed by atoms with Gasteiger partial charge in [-0.25, -0.2) is 0 Å². The number of nitrogens with zero attached hydrogens (tertiary/aromatic N) is 1. The lowest BCUT2D eigenvalue weighted by atomic mass is 9.80. The summed E-state index contributed by atoms with van der Waals surface area (Å²) in [5.41, 5.74) is 1.74. The number of hydrogen-bond donors (Lipinski definition) is 2. The van der Waals surface area contributed by atoms with Crippen molar-refractivity contribution in [2.75, 3.05) is 26.2 Å². The minimum atomic E-state index is -0.743. The standard InChI is InChI=1S/C29H34N2O3/c1-2-29(24-11-15-26(32)16-12-24,30-28(33)23-9-5-3-6-10-23)25-13-17-27(18-14-25)34-22-21-31-19-7-4-8-20-31/h3,5-6,9-18,32H,2,4,7-8,19-22H2,1H3,(H,30,33). The van der Waals surface area contributed by atoms with Gasteiger partial charge in [0.15, 0.2) is 0 Å². The molecule has 1 amide bonds. The first kappa shape index (κ1) is 23.8. The molecule has 2 N–H and O–H groups in total. The molecule has 0 aliphatic carbocycles. The van der Waals surface area contributed by atoms with Crippen LogP contribution in [0.5, 0.6) is 11.5 Å². The predicted molar refractivity (Wildman–Crippen MR) is 135 cm³/mol. The van der Waals surface area contributed by atoms with E-state index in [2.05, 4.69) is 17.1 Å². The van der Waals surface area contributed by atoms with Gasteiger partial charge in [0, 0.05) is 12.1 Å². The van der Waals surface area contributed by atoms with Crippen LogP contribution in [0.2, 0.25) is 0 Å². The molecule has 0 saturated carbocycles. The third-order valence-electron chi connectivity index (χ3n) is 6.73. The summed E-state index contributed by atoms with van der Waals surface area (Å²) in [6, 6.07) is 24.3. The third kappa shape index (κ3) is 5.60. The number of nitrogens with one attached hydrogen (secondary N) is 1. The Labute approximate surface area is 202 Å². The van der Waals surface area contributed by atoms with Crippen LogP contribution < -0.4 is 10.1 Å². The van der Waals surface area contributed by atoms with Crippen LogP contribution in [0.3, 0.4) is 0 Å². The summed E-state index contributed by atoms with van der Waals surface area (Å²) in [6.07, 6.45) is 4.53. The first-order valence-electron chi connectivity index (χ1n) is 12.2. The second kappa shape index (κ2) is 11.2. The molecule has 5 heteroatoms. The third-order valence-corrected chi connectivity index (χ3v) is 6.73. The summed E-state index contributed by atoms with van der Waals surface area (Å²) in [5.74, 6) is 0.879. The molecule has 0 bridgehead atoms. The molecule has 1 saturated heterocycles.